The fraction of sp³-hybridized carbons (Fsp3) is 0.211. The molecule has 0 unspecified atom stereocenters. The van der Waals surface area contributed by atoms with Gasteiger partial charge in [-0.3, -0.25) is 9.36 Å². The molecular weight excluding hydrogens is 366 g/mol. The third kappa shape index (κ3) is 3.70. The molecule has 144 valence electrons. The zero-order valence-corrected chi connectivity index (χ0v) is 15.0. The molecule has 4 rings (SSSR count). The van der Waals surface area contributed by atoms with Gasteiger partial charge in [-0.15, -0.1) is 0 Å². The first-order valence-electron chi connectivity index (χ1n) is 8.72. The molecule has 0 saturated carbocycles. The number of nitrogens with one attached hydrogen (secondary N) is 1. The number of nitrogens with zero attached hydrogens (tertiary/aromatic N) is 5. The molecule has 0 aliphatic carbocycles. The molecule has 9 heteroatoms. The van der Waals surface area contributed by atoms with Crippen LogP contribution in [0.15, 0.2) is 48.9 Å². The van der Waals surface area contributed by atoms with Gasteiger partial charge in [-0.25, -0.2) is 13.8 Å². The Morgan fingerprint density at radius 3 is 2.68 bits per heavy atom. The van der Waals surface area contributed by atoms with E-state index in [4.69, 9.17) is 0 Å². The molecule has 0 amide bonds. The van der Waals surface area contributed by atoms with Crippen LogP contribution in [0.4, 0.5) is 20.4 Å². The van der Waals surface area contributed by atoms with Crippen molar-refractivity contribution < 1.29 is 13.9 Å². The molecular formula is C19H18F2N6O. The van der Waals surface area contributed by atoms with Gasteiger partial charge in [0, 0.05) is 35.5 Å². The van der Waals surface area contributed by atoms with Crippen LogP contribution in [0.2, 0.25) is 0 Å². The lowest BCUT2D eigenvalue weighted by Gasteiger charge is -2.08. The molecule has 4 aromatic rings. The number of rotatable bonds is 6. The van der Waals surface area contributed by atoms with Crippen molar-refractivity contribution in [2.75, 3.05) is 5.32 Å². The largest absolute Gasteiger partial charge is 0.391 e. The van der Waals surface area contributed by atoms with Gasteiger partial charge in [0.25, 0.3) is 0 Å². The van der Waals surface area contributed by atoms with Gasteiger partial charge in [0.2, 0.25) is 0 Å². The Bertz CT molecular complexity index is 1100. The molecule has 1 atom stereocenters. The molecule has 28 heavy (non-hydrogen) atoms. The first kappa shape index (κ1) is 18.1. The van der Waals surface area contributed by atoms with Crippen molar-refractivity contribution in [3.63, 3.8) is 0 Å². The predicted molar refractivity (Wildman–Crippen MR) is 100 cm³/mol. The second kappa shape index (κ2) is 7.35. The second-order valence-corrected chi connectivity index (χ2v) is 6.53. The van der Waals surface area contributed by atoms with Crippen molar-refractivity contribution in [2.45, 2.75) is 26.1 Å². The first-order valence-corrected chi connectivity index (χ1v) is 8.72. The van der Waals surface area contributed by atoms with E-state index in [0.29, 0.717) is 23.7 Å². The monoisotopic (exact) mass is 384 g/mol. The Labute approximate surface area is 159 Å². The summed E-state index contributed by atoms with van der Waals surface area (Å²) in [6, 6.07) is 7.29. The summed E-state index contributed by atoms with van der Waals surface area (Å²) in [6.07, 6.45) is 4.47. The van der Waals surface area contributed by atoms with E-state index in [-0.39, 0.29) is 12.1 Å². The number of pyridine rings is 1. The summed E-state index contributed by atoms with van der Waals surface area (Å²) in [5, 5.41) is 21.8. The lowest BCUT2D eigenvalue weighted by molar-refractivity contribution is 0.168. The van der Waals surface area contributed by atoms with Crippen LogP contribution < -0.4 is 5.32 Å². The van der Waals surface area contributed by atoms with E-state index in [1.54, 1.807) is 42.3 Å². The SMILES string of the molecule is C[C@@H](O)Cn1ccc(Nc2cc3c(cn2)cnn3Cc2c(F)cccc2F)n1. The highest BCUT2D eigenvalue weighted by Gasteiger charge is 2.12. The van der Waals surface area contributed by atoms with Gasteiger partial charge in [-0.05, 0) is 19.1 Å². The second-order valence-electron chi connectivity index (χ2n) is 6.53. The third-order valence-corrected chi connectivity index (χ3v) is 4.24. The molecule has 3 aromatic heterocycles. The summed E-state index contributed by atoms with van der Waals surface area (Å²) in [4.78, 5) is 4.32. The maximum atomic E-state index is 14.0. The Hall–Kier alpha value is -3.33. The van der Waals surface area contributed by atoms with Crippen LogP contribution in [0.1, 0.15) is 12.5 Å². The summed E-state index contributed by atoms with van der Waals surface area (Å²) in [7, 11) is 0. The predicted octanol–water partition coefficient (Wildman–Crippen LogP) is 3.08. The van der Waals surface area contributed by atoms with Crippen molar-refractivity contribution in [3.8, 4) is 0 Å². The highest BCUT2D eigenvalue weighted by molar-refractivity contribution is 5.80. The Balaban J connectivity index is 1.60. The number of aliphatic hydroxyl groups excluding tert-OH is 1. The van der Waals surface area contributed by atoms with Gasteiger partial charge in [-0.1, -0.05) is 6.07 Å². The molecule has 0 radical (unpaired) electrons. The Morgan fingerprint density at radius 1 is 1.14 bits per heavy atom. The summed E-state index contributed by atoms with van der Waals surface area (Å²) in [6.45, 7) is 2.04. The number of aliphatic hydroxyl groups is 1. The third-order valence-electron chi connectivity index (χ3n) is 4.24. The van der Waals surface area contributed by atoms with Crippen LogP contribution in [0, 0.1) is 11.6 Å². The van der Waals surface area contributed by atoms with Crippen LogP contribution in [0.25, 0.3) is 10.9 Å². The summed E-state index contributed by atoms with van der Waals surface area (Å²) < 4.78 is 31.1. The minimum Gasteiger partial charge on any atom is -0.391 e. The molecule has 1 aromatic carbocycles. The van der Waals surface area contributed by atoms with Crippen LogP contribution in [-0.4, -0.2) is 35.8 Å². The fourth-order valence-corrected chi connectivity index (χ4v) is 2.93. The van der Waals surface area contributed by atoms with E-state index >= 15 is 0 Å². The fourth-order valence-electron chi connectivity index (χ4n) is 2.93. The van der Waals surface area contributed by atoms with E-state index in [9.17, 15) is 13.9 Å². The molecule has 0 bridgehead atoms. The van der Waals surface area contributed by atoms with Gasteiger partial charge in [0.05, 0.1) is 30.9 Å². The van der Waals surface area contributed by atoms with Crippen LogP contribution in [0.3, 0.4) is 0 Å². The smallest absolute Gasteiger partial charge is 0.153 e. The van der Waals surface area contributed by atoms with Gasteiger partial charge in [0.1, 0.15) is 17.5 Å². The minimum atomic E-state index is -0.611. The van der Waals surface area contributed by atoms with E-state index in [0.717, 1.165) is 5.39 Å². The summed E-state index contributed by atoms with van der Waals surface area (Å²) in [5.74, 6) is -0.135. The average Bonchev–Trinajstić information content (AvgIpc) is 3.24. The minimum absolute atomic E-state index is 0.0333. The zero-order chi connectivity index (χ0) is 19.7. The molecule has 0 aliphatic heterocycles. The number of hydrogen-bond donors (Lipinski definition) is 2. The van der Waals surface area contributed by atoms with Crippen LogP contribution >= 0.6 is 0 Å². The molecule has 3 heterocycles. The standard InChI is InChI=1S/C19H18F2N6O/c1-12(28)10-26-6-5-18(25-26)24-19-7-17-13(8-22-19)9-23-27(17)11-14-15(20)3-2-4-16(14)21/h2-9,12,28H,10-11H2,1H3,(H,22,24,25)/t12-/m1/s1. The number of aromatic nitrogens is 5. The number of anilines is 2. The van der Waals surface area contributed by atoms with E-state index in [1.165, 1.54) is 22.9 Å². The van der Waals surface area contributed by atoms with Gasteiger partial charge in [0.15, 0.2) is 5.82 Å². The maximum absolute atomic E-state index is 14.0. The normalized spacial score (nSPS) is 12.4. The lowest BCUT2D eigenvalue weighted by atomic mass is 10.2. The van der Waals surface area contributed by atoms with E-state index in [1.807, 2.05) is 0 Å². The zero-order valence-electron chi connectivity index (χ0n) is 15.0. The number of fused-ring (bicyclic) bond motifs is 1. The van der Waals surface area contributed by atoms with Crippen molar-refractivity contribution in [3.05, 3.63) is 66.1 Å². The molecule has 7 nitrogen and oxygen atoms in total. The quantitative estimate of drug-likeness (QED) is 0.534. The number of benzene rings is 1. The molecule has 0 aliphatic rings. The van der Waals surface area contributed by atoms with Crippen molar-refractivity contribution in [1.29, 1.82) is 0 Å². The van der Waals surface area contributed by atoms with Crippen molar-refractivity contribution in [1.82, 2.24) is 24.5 Å². The molecule has 0 spiro atoms. The lowest BCUT2D eigenvalue weighted by Crippen LogP contribution is -2.12. The van der Waals surface area contributed by atoms with E-state index in [2.05, 4.69) is 20.5 Å². The first-order chi connectivity index (χ1) is 13.5. The van der Waals surface area contributed by atoms with Gasteiger partial charge in [-0.2, -0.15) is 10.2 Å². The molecule has 0 saturated heterocycles. The van der Waals surface area contributed by atoms with Crippen molar-refractivity contribution >= 4 is 22.5 Å². The summed E-state index contributed by atoms with van der Waals surface area (Å²) >= 11 is 0. The Kier molecular flexibility index (Phi) is 4.74. The van der Waals surface area contributed by atoms with E-state index < -0.39 is 17.7 Å². The maximum Gasteiger partial charge on any atom is 0.153 e. The Morgan fingerprint density at radius 2 is 1.93 bits per heavy atom. The topological polar surface area (TPSA) is 80.8 Å². The van der Waals surface area contributed by atoms with Crippen LogP contribution in [0.5, 0.6) is 0 Å². The molecule has 0 fully saturated rings. The number of halogens is 2. The van der Waals surface area contributed by atoms with Gasteiger partial charge < -0.3 is 10.4 Å². The number of hydrogen-bond acceptors (Lipinski definition) is 5. The molecule has 2 N–H and O–H groups in total. The highest BCUT2D eigenvalue weighted by atomic mass is 19.1. The average molecular weight is 384 g/mol. The van der Waals surface area contributed by atoms with Crippen LogP contribution in [-0.2, 0) is 13.1 Å². The highest BCUT2D eigenvalue weighted by Crippen LogP contribution is 2.21. The summed E-state index contributed by atoms with van der Waals surface area (Å²) in [5.41, 5.74) is 0.638. The van der Waals surface area contributed by atoms with Gasteiger partial charge >= 0.3 is 0 Å². The van der Waals surface area contributed by atoms with Crippen molar-refractivity contribution in [2.24, 2.45) is 0 Å².